The molecule has 0 bridgehead atoms. The number of unbranched alkanes of at least 4 members (excludes halogenated alkanes) is 1. The van der Waals surface area contributed by atoms with E-state index in [1.807, 2.05) is 20.8 Å². The average molecular weight is 369 g/mol. The normalized spacial score (nSPS) is 16.0. The van der Waals surface area contributed by atoms with Crippen LogP contribution in [-0.4, -0.2) is 71.3 Å². The van der Waals surface area contributed by atoms with Crippen molar-refractivity contribution in [3.63, 3.8) is 0 Å². The van der Waals surface area contributed by atoms with Crippen LogP contribution >= 0.6 is 0 Å². The van der Waals surface area contributed by atoms with Crippen LogP contribution in [0.15, 0.2) is 5.11 Å². The number of carbonyl (C=O) groups is 2. The zero-order valence-corrected chi connectivity index (χ0v) is 16.1. The number of carboxylic acid groups (broad SMARTS) is 1. The lowest BCUT2D eigenvalue weighted by molar-refractivity contribution is -0.137. The van der Waals surface area contributed by atoms with E-state index in [0.29, 0.717) is 25.9 Å². The molecule has 9 heteroatoms. The highest BCUT2D eigenvalue weighted by molar-refractivity contribution is 5.68. The number of nitrogens with zero attached hydrogens (tertiary/aromatic N) is 5. The SMILES string of the molecule is CC(C)(C)OC(=O)N(CCCCC(=O)O)CCN1CCC(N=[N+]=[N-])CC1. The molecule has 0 aromatic carbocycles. The standard InChI is InChI=1S/C17H31N5O4/c1-17(2,3)26-16(25)22(9-5-4-6-15(23)24)13-12-21-10-7-14(8-11-21)19-20-18/h14H,4-13H2,1-3H3,(H,23,24). The molecule has 26 heavy (non-hydrogen) atoms. The smallest absolute Gasteiger partial charge is 0.410 e. The lowest BCUT2D eigenvalue weighted by Crippen LogP contribution is -2.44. The molecule has 0 unspecified atom stereocenters. The molecule has 1 aliphatic heterocycles. The maximum Gasteiger partial charge on any atom is 0.410 e. The van der Waals surface area contributed by atoms with E-state index in [2.05, 4.69) is 14.9 Å². The van der Waals surface area contributed by atoms with Gasteiger partial charge in [0.15, 0.2) is 0 Å². The van der Waals surface area contributed by atoms with Crippen molar-refractivity contribution in [1.82, 2.24) is 9.80 Å². The molecular formula is C17H31N5O4. The quantitative estimate of drug-likeness (QED) is 0.289. The van der Waals surface area contributed by atoms with Crippen LogP contribution in [-0.2, 0) is 9.53 Å². The summed E-state index contributed by atoms with van der Waals surface area (Å²) in [5.41, 5.74) is 7.94. The van der Waals surface area contributed by atoms with Crippen LogP contribution in [0.2, 0.25) is 0 Å². The molecule has 1 heterocycles. The van der Waals surface area contributed by atoms with Gasteiger partial charge in [0.05, 0.1) is 0 Å². The zero-order valence-electron chi connectivity index (χ0n) is 16.1. The summed E-state index contributed by atoms with van der Waals surface area (Å²) in [6, 6.07) is 0.0641. The Morgan fingerprint density at radius 3 is 2.46 bits per heavy atom. The topological polar surface area (TPSA) is 119 Å². The summed E-state index contributed by atoms with van der Waals surface area (Å²) in [5, 5.41) is 12.5. The van der Waals surface area contributed by atoms with Crippen molar-refractivity contribution >= 4 is 12.1 Å². The first-order valence-corrected chi connectivity index (χ1v) is 9.17. The molecule has 1 aliphatic rings. The van der Waals surface area contributed by atoms with Gasteiger partial charge in [-0.25, -0.2) is 4.79 Å². The molecule has 1 N–H and O–H groups in total. The highest BCUT2D eigenvalue weighted by atomic mass is 16.6. The van der Waals surface area contributed by atoms with E-state index in [0.717, 1.165) is 32.5 Å². The summed E-state index contributed by atoms with van der Waals surface area (Å²) >= 11 is 0. The summed E-state index contributed by atoms with van der Waals surface area (Å²) < 4.78 is 5.46. The predicted octanol–water partition coefficient (Wildman–Crippen LogP) is 3.25. The second kappa shape index (κ2) is 10.9. The maximum atomic E-state index is 12.4. The molecule has 0 saturated carbocycles. The minimum atomic E-state index is -0.822. The number of hydrogen-bond acceptors (Lipinski definition) is 5. The molecule has 0 atom stereocenters. The van der Waals surface area contributed by atoms with Gasteiger partial charge in [0.2, 0.25) is 0 Å². The number of carbonyl (C=O) groups excluding carboxylic acids is 1. The van der Waals surface area contributed by atoms with Gasteiger partial charge in [-0.15, -0.1) is 0 Å². The summed E-state index contributed by atoms with van der Waals surface area (Å²) in [5.74, 6) is -0.822. The summed E-state index contributed by atoms with van der Waals surface area (Å²) in [6.45, 7) is 8.90. The first kappa shape index (κ1) is 22.1. The van der Waals surface area contributed by atoms with Gasteiger partial charge in [-0.2, -0.15) is 0 Å². The molecule has 0 aliphatic carbocycles. The van der Waals surface area contributed by atoms with Gasteiger partial charge in [-0.1, -0.05) is 5.11 Å². The summed E-state index contributed by atoms with van der Waals surface area (Å²) in [6.07, 6.45) is 2.56. The Kier molecular flexibility index (Phi) is 9.23. The van der Waals surface area contributed by atoms with Crippen molar-refractivity contribution < 1.29 is 19.4 Å². The molecule has 0 aromatic heterocycles. The van der Waals surface area contributed by atoms with E-state index in [4.69, 9.17) is 15.4 Å². The molecule has 0 spiro atoms. The van der Waals surface area contributed by atoms with Crippen molar-refractivity contribution in [2.45, 2.75) is 64.5 Å². The molecule has 1 rings (SSSR count). The fraction of sp³-hybridized carbons (Fsp3) is 0.882. The van der Waals surface area contributed by atoms with E-state index in [1.54, 1.807) is 4.90 Å². The first-order chi connectivity index (χ1) is 12.2. The zero-order chi connectivity index (χ0) is 19.6. The number of hydrogen-bond donors (Lipinski definition) is 1. The minimum Gasteiger partial charge on any atom is -0.481 e. The van der Waals surface area contributed by atoms with Gasteiger partial charge in [-0.05, 0) is 65.1 Å². The van der Waals surface area contributed by atoms with Crippen LogP contribution in [0, 0.1) is 0 Å². The number of likely N-dealkylation sites (tertiary alicyclic amines) is 1. The number of carboxylic acids is 1. The Hall–Kier alpha value is -1.99. The molecule has 9 nitrogen and oxygen atoms in total. The monoisotopic (exact) mass is 369 g/mol. The van der Waals surface area contributed by atoms with Crippen LogP contribution in [0.5, 0.6) is 0 Å². The number of piperidine rings is 1. The van der Waals surface area contributed by atoms with Crippen LogP contribution in [0.3, 0.4) is 0 Å². The predicted molar refractivity (Wildman–Crippen MR) is 97.9 cm³/mol. The Balaban J connectivity index is 2.48. The van der Waals surface area contributed by atoms with Crippen LogP contribution in [0.4, 0.5) is 4.79 Å². The molecule has 0 radical (unpaired) electrons. The number of aliphatic carboxylic acids is 1. The average Bonchev–Trinajstić information content (AvgIpc) is 2.54. The number of ether oxygens (including phenoxy) is 1. The molecule has 148 valence electrons. The van der Waals surface area contributed by atoms with Gasteiger partial charge in [0, 0.05) is 37.0 Å². The molecule has 0 aromatic rings. The summed E-state index contributed by atoms with van der Waals surface area (Å²) in [4.78, 5) is 29.8. The number of rotatable bonds is 9. The van der Waals surface area contributed by atoms with Crippen molar-refractivity contribution in [2.24, 2.45) is 5.11 Å². The Labute approximate surface area is 154 Å². The number of azide groups is 1. The highest BCUT2D eigenvalue weighted by Gasteiger charge is 2.24. The third-order valence-electron chi connectivity index (χ3n) is 4.18. The van der Waals surface area contributed by atoms with Gasteiger partial charge in [0.25, 0.3) is 0 Å². The van der Waals surface area contributed by atoms with E-state index < -0.39 is 11.6 Å². The van der Waals surface area contributed by atoms with Crippen molar-refractivity contribution in [2.75, 3.05) is 32.7 Å². The molecule has 1 fully saturated rings. The third-order valence-corrected chi connectivity index (χ3v) is 4.18. The Morgan fingerprint density at radius 1 is 1.27 bits per heavy atom. The Morgan fingerprint density at radius 2 is 1.92 bits per heavy atom. The first-order valence-electron chi connectivity index (χ1n) is 9.17. The molecule has 1 amide bonds. The largest absolute Gasteiger partial charge is 0.481 e. The van der Waals surface area contributed by atoms with Gasteiger partial charge in [0.1, 0.15) is 5.60 Å². The van der Waals surface area contributed by atoms with Crippen molar-refractivity contribution in [1.29, 1.82) is 0 Å². The summed E-state index contributed by atoms with van der Waals surface area (Å²) in [7, 11) is 0. The van der Waals surface area contributed by atoms with Crippen molar-refractivity contribution in [3.8, 4) is 0 Å². The van der Waals surface area contributed by atoms with E-state index in [9.17, 15) is 9.59 Å². The highest BCUT2D eigenvalue weighted by Crippen LogP contribution is 2.15. The lowest BCUT2D eigenvalue weighted by atomic mass is 10.1. The van der Waals surface area contributed by atoms with E-state index in [-0.39, 0.29) is 18.6 Å². The fourth-order valence-corrected chi connectivity index (χ4v) is 2.79. The van der Waals surface area contributed by atoms with Crippen molar-refractivity contribution in [3.05, 3.63) is 10.4 Å². The Bertz CT molecular complexity index is 506. The number of amides is 1. The van der Waals surface area contributed by atoms with E-state index in [1.165, 1.54) is 0 Å². The van der Waals surface area contributed by atoms with Crippen LogP contribution in [0.25, 0.3) is 10.4 Å². The lowest BCUT2D eigenvalue weighted by Gasteiger charge is -2.33. The fourth-order valence-electron chi connectivity index (χ4n) is 2.79. The maximum absolute atomic E-state index is 12.4. The van der Waals surface area contributed by atoms with Crippen LogP contribution < -0.4 is 0 Å². The van der Waals surface area contributed by atoms with Gasteiger partial charge >= 0.3 is 12.1 Å². The van der Waals surface area contributed by atoms with Gasteiger partial charge in [-0.3, -0.25) is 4.79 Å². The van der Waals surface area contributed by atoms with Gasteiger partial charge < -0.3 is 19.6 Å². The molecular weight excluding hydrogens is 338 g/mol. The molecule has 1 saturated heterocycles. The van der Waals surface area contributed by atoms with Crippen LogP contribution in [0.1, 0.15) is 52.9 Å². The third kappa shape index (κ3) is 9.48. The van der Waals surface area contributed by atoms with E-state index >= 15 is 0 Å². The minimum absolute atomic E-state index is 0.0641. The second-order valence-corrected chi connectivity index (χ2v) is 7.60. The second-order valence-electron chi connectivity index (χ2n) is 7.60.